The number of nitrogens with two attached hydrogens (primary N) is 1. The fourth-order valence-corrected chi connectivity index (χ4v) is 2.75. The summed E-state index contributed by atoms with van der Waals surface area (Å²) >= 11 is 1.77. The van der Waals surface area contributed by atoms with Gasteiger partial charge in [0.05, 0.1) is 11.1 Å². The zero-order valence-corrected chi connectivity index (χ0v) is 11.7. The summed E-state index contributed by atoms with van der Waals surface area (Å²) in [6.45, 7) is 7.45. The van der Waals surface area contributed by atoms with E-state index in [4.69, 9.17) is 10.5 Å². The number of rotatable bonds is 7. The lowest BCUT2D eigenvalue weighted by molar-refractivity contribution is 0.0674. The molecule has 96 valence electrons. The van der Waals surface area contributed by atoms with Crippen molar-refractivity contribution in [2.24, 2.45) is 5.73 Å². The van der Waals surface area contributed by atoms with Crippen molar-refractivity contribution in [2.45, 2.75) is 38.3 Å². The Balaban J connectivity index is 2.39. The van der Waals surface area contributed by atoms with E-state index >= 15 is 0 Å². The molecule has 0 aliphatic carbocycles. The Morgan fingerprint density at radius 1 is 1.41 bits per heavy atom. The highest BCUT2D eigenvalue weighted by atomic mass is 32.2. The van der Waals surface area contributed by atoms with Crippen LogP contribution in [0.25, 0.3) is 0 Å². The number of pyridine rings is 1. The molecule has 3 nitrogen and oxygen atoms in total. The number of hydrogen-bond acceptors (Lipinski definition) is 4. The third-order valence-corrected chi connectivity index (χ3v) is 3.37. The quantitative estimate of drug-likeness (QED) is 0.760. The second-order valence-electron chi connectivity index (χ2n) is 4.07. The van der Waals surface area contributed by atoms with E-state index in [2.05, 4.69) is 24.0 Å². The number of ether oxygens (including phenoxy) is 1. The monoisotopic (exact) mass is 254 g/mol. The van der Waals surface area contributed by atoms with Crippen LogP contribution in [0, 0.1) is 13.8 Å². The van der Waals surface area contributed by atoms with Crippen LogP contribution in [-0.4, -0.2) is 30.0 Å². The maximum Gasteiger partial charge on any atom is 0.0965 e. The third kappa shape index (κ3) is 5.52. The third-order valence-electron chi connectivity index (χ3n) is 2.43. The number of hydrogen-bond donors (Lipinski definition) is 1. The van der Waals surface area contributed by atoms with E-state index in [9.17, 15) is 0 Å². The molecular formula is C13H22N2OS. The van der Waals surface area contributed by atoms with Crippen molar-refractivity contribution in [1.29, 1.82) is 0 Å². The highest BCUT2D eigenvalue weighted by Crippen LogP contribution is 2.19. The number of thioether (sulfide) groups is 1. The first kappa shape index (κ1) is 14.5. The van der Waals surface area contributed by atoms with Gasteiger partial charge in [-0.3, -0.25) is 0 Å². The number of nitrogens with zero attached hydrogens (tertiary/aromatic N) is 1. The van der Waals surface area contributed by atoms with Crippen molar-refractivity contribution in [3.63, 3.8) is 0 Å². The molecule has 1 unspecified atom stereocenters. The predicted molar refractivity (Wildman–Crippen MR) is 73.5 cm³/mol. The highest BCUT2D eigenvalue weighted by molar-refractivity contribution is 7.99. The topological polar surface area (TPSA) is 48.1 Å². The summed E-state index contributed by atoms with van der Waals surface area (Å²) in [6.07, 6.45) is 1.15. The maximum absolute atomic E-state index is 5.64. The Bertz CT molecular complexity index is 324. The van der Waals surface area contributed by atoms with Crippen LogP contribution >= 0.6 is 11.8 Å². The molecule has 4 heteroatoms. The molecule has 2 N–H and O–H groups in total. The average Bonchev–Trinajstić information content (AvgIpc) is 2.26. The summed E-state index contributed by atoms with van der Waals surface area (Å²) in [4.78, 5) is 4.49. The minimum atomic E-state index is 0.179. The van der Waals surface area contributed by atoms with Crippen LogP contribution in [0.2, 0.25) is 0 Å². The lowest BCUT2D eigenvalue weighted by Gasteiger charge is -2.14. The molecule has 1 rings (SSSR count). The first-order chi connectivity index (χ1) is 8.15. The number of aromatic nitrogens is 1. The Morgan fingerprint density at radius 3 is 2.76 bits per heavy atom. The Labute approximate surface area is 108 Å². The molecule has 0 fully saturated rings. The summed E-state index contributed by atoms with van der Waals surface area (Å²) in [6, 6.07) is 4.21. The fourth-order valence-electron chi connectivity index (χ4n) is 1.68. The van der Waals surface area contributed by atoms with Gasteiger partial charge in [0.25, 0.3) is 0 Å². The SMILES string of the molecule is CCOC(CN)CCSc1cc(C)cc(C)n1. The zero-order valence-electron chi connectivity index (χ0n) is 10.9. The van der Waals surface area contributed by atoms with E-state index in [1.165, 1.54) is 5.56 Å². The fraction of sp³-hybridized carbons (Fsp3) is 0.615. The standard InChI is InChI=1S/C13H22N2OS/c1-4-16-12(9-14)5-6-17-13-8-10(2)7-11(3)15-13/h7-8,12H,4-6,9,14H2,1-3H3. The van der Waals surface area contributed by atoms with Crippen LogP contribution in [0.1, 0.15) is 24.6 Å². The van der Waals surface area contributed by atoms with Gasteiger partial charge >= 0.3 is 0 Å². The molecule has 1 aromatic rings. The van der Waals surface area contributed by atoms with Crippen LogP contribution < -0.4 is 5.73 Å². The second kappa shape index (κ2) is 7.69. The van der Waals surface area contributed by atoms with E-state index in [1.54, 1.807) is 11.8 Å². The first-order valence-corrected chi connectivity index (χ1v) is 7.04. The van der Waals surface area contributed by atoms with Gasteiger partial charge in [-0.05, 0) is 44.9 Å². The lowest BCUT2D eigenvalue weighted by atomic mass is 10.3. The molecule has 0 saturated carbocycles. The zero-order chi connectivity index (χ0) is 12.7. The van der Waals surface area contributed by atoms with Gasteiger partial charge in [0.2, 0.25) is 0 Å². The predicted octanol–water partition coefficient (Wildman–Crippen LogP) is 2.54. The molecule has 0 aliphatic heterocycles. The van der Waals surface area contributed by atoms with E-state index < -0.39 is 0 Å². The van der Waals surface area contributed by atoms with Gasteiger partial charge in [0, 0.05) is 24.6 Å². The van der Waals surface area contributed by atoms with Gasteiger partial charge in [0.15, 0.2) is 0 Å². The Kier molecular flexibility index (Phi) is 6.55. The Hall–Kier alpha value is -0.580. The van der Waals surface area contributed by atoms with Crippen molar-refractivity contribution >= 4 is 11.8 Å². The van der Waals surface area contributed by atoms with E-state index in [1.807, 2.05) is 13.8 Å². The van der Waals surface area contributed by atoms with Gasteiger partial charge in [-0.1, -0.05) is 0 Å². The van der Waals surface area contributed by atoms with Gasteiger partial charge in [-0.25, -0.2) is 4.98 Å². The summed E-state index contributed by atoms with van der Waals surface area (Å²) in [7, 11) is 0. The maximum atomic E-state index is 5.64. The van der Waals surface area contributed by atoms with E-state index in [0.29, 0.717) is 6.54 Å². The van der Waals surface area contributed by atoms with Gasteiger partial charge in [-0.2, -0.15) is 0 Å². The van der Waals surface area contributed by atoms with Gasteiger partial charge in [0.1, 0.15) is 0 Å². The van der Waals surface area contributed by atoms with Crippen LogP contribution in [0.3, 0.4) is 0 Å². The molecule has 0 aromatic carbocycles. The molecule has 0 spiro atoms. The van der Waals surface area contributed by atoms with Crippen LogP contribution in [-0.2, 0) is 4.74 Å². The molecule has 0 aliphatic rings. The lowest BCUT2D eigenvalue weighted by Crippen LogP contribution is -2.24. The summed E-state index contributed by atoms with van der Waals surface area (Å²) in [5, 5.41) is 1.09. The Morgan fingerprint density at radius 2 is 2.18 bits per heavy atom. The second-order valence-corrected chi connectivity index (χ2v) is 5.19. The molecule has 0 bridgehead atoms. The summed E-state index contributed by atoms with van der Waals surface area (Å²) in [5.41, 5.74) is 7.98. The minimum Gasteiger partial charge on any atom is -0.377 e. The molecular weight excluding hydrogens is 232 g/mol. The summed E-state index contributed by atoms with van der Waals surface area (Å²) in [5.74, 6) is 0.998. The van der Waals surface area contributed by atoms with Gasteiger partial charge in [-0.15, -0.1) is 11.8 Å². The van der Waals surface area contributed by atoms with Crippen LogP contribution in [0.5, 0.6) is 0 Å². The van der Waals surface area contributed by atoms with Crippen molar-refractivity contribution in [2.75, 3.05) is 18.9 Å². The minimum absolute atomic E-state index is 0.179. The van der Waals surface area contributed by atoms with Crippen molar-refractivity contribution in [3.8, 4) is 0 Å². The molecule has 17 heavy (non-hydrogen) atoms. The van der Waals surface area contributed by atoms with Gasteiger partial charge < -0.3 is 10.5 Å². The number of aryl methyl sites for hydroxylation is 2. The van der Waals surface area contributed by atoms with Crippen molar-refractivity contribution < 1.29 is 4.74 Å². The molecule has 1 heterocycles. The van der Waals surface area contributed by atoms with E-state index in [-0.39, 0.29) is 6.10 Å². The van der Waals surface area contributed by atoms with Crippen molar-refractivity contribution in [3.05, 3.63) is 23.4 Å². The summed E-state index contributed by atoms with van der Waals surface area (Å²) < 4.78 is 5.52. The smallest absolute Gasteiger partial charge is 0.0965 e. The molecule has 0 saturated heterocycles. The first-order valence-electron chi connectivity index (χ1n) is 6.05. The van der Waals surface area contributed by atoms with Crippen LogP contribution in [0.15, 0.2) is 17.2 Å². The highest BCUT2D eigenvalue weighted by Gasteiger charge is 2.06. The largest absolute Gasteiger partial charge is 0.377 e. The van der Waals surface area contributed by atoms with E-state index in [0.717, 1.165) is 29.5 Å². The molecule has 1 aromatic heterocycles. The van der Waals surface area contributed by atoms with Crippen molar-refractivity contribution in [1.82, 2.24) is 4.98 Å². The van der Waals surface area contributed by atoms with Crippen LogP contribution in [0.4, 0.5) is 0 Å². The molecule has 1 atom stereocenters. The molecule has 0 amide bonds. The normalized spacial score (nSPS) is 12.7. The molecule has 0 radical (unpaired) electrons. The average molecular weight is 254 g/mol.